The molecule has 6 heteroatoms. The number of hydrogen-bond donors (Lipinski definition) is 1. The van der Waals surface area contributed by atoms with Crippen LogP contribution in [0.5, 0.6) is 5.75 Å². The molecular weight excluding hydrogens is 355 g/mol. The van der Waals surface area contributed by atoms with Gasteiger partial charge in [-0.3, -0.25) is 4.79 Å². The standard InChI is InChI=1S/C21H20F3NO2/c1-2-27-19-11-4-3-9-17(19)12-13-20(26)25-14-6-8-16-7-5-10-18(15-16)21(22,23)24/h3-5,7,9-11,15H,2,12-14H2,1H3,(H,25,26). The van der Waals surface area contributed by atoms with E-state index in [0.717, 1.165) is 23.4 Å². The van der Waals surface area contributed by atoms with Crippen molar-refractivity contribution in [1.82, 2.24) is 5.32 Å². The Morgan fingerprint density at radius 1 is 1.15 bits per heavy atom. The molecule has 3 nitrogen and oxygen atoms in total. The van der Waals surface area contributed by atoms with Crippen LogP contribution in [0.1, 0.15) is 30.0 Å². The van der Waals surface area contributed by atoms with Crippen LogP contribution in [0.3, 0.4) is 0 Å². The van der Waals surface area contributed by atoms with Crippen molar-refractivity contribution in [2.24, 2.45) is 0 Å². The molecule has 2 rings (SSSR count). The van der Waals surface area contributed by atoms with Crippen LogP contribution in [0.2, 0.25) is 0 Å². The quantitative estimate of drug-likeness (QED) is 0.769. The fraction of sp³-hybridized carbons (Fsp3) is 0.286. The molecule has 1 amide bonds. The first-order valence-electron chi connectivity index (χ1n) is 8.53. The molecule has 0 saturated heterocycles. The van der Waals surface area contributed by atoms with Gasteiger partial charge in [0.25, 0.3) is 0 Å². The molecule has 0 heterocycles. The molecule has 0 atom stereocenters. The summed E-state index contributed by atoms with van der Waals surface area (Å²) in [5.41, 5.74) is 0.459. The largest absolute Gasteiger partial charge is 0.494 e. The van der Waals surface area contributed by atoms with Crippen molar-refractivity contribution in [3.05, 3.63) is 65.2 Å². The van der Waals surface area contributed by atoms with Crippen LogP contribution in [-0.4, -0.2) is 19.1 Å². The summed E-state index contributed by atoms with van der Waals surface area (Å²) < 4.78 is 43.5. The Kier molecular flexibility index (Phi) is 7.30. The first-order chi connectivity index (χ1) is 12.9. The highest BCUT2D eigenvalue weighted by Gasteiger charge is 2.30. The van der Waals surface area contributed by atoms with Crippen molar-refractivity contribution in [2.75, 3.05) is 13.2 Å². The van der Waals surface area contributed by atoms with Gasteiger partial charge < -0.3 is 10.1 Å². The molecule has 0 aliphatic rings. The van der Waals surface area contributed by atoms with Crippen LogP contribution in [0, 0.1) is 11.8 Å². The number of para-hydroxylation sites is 1. The molecule has 0 aliphatic heterocycles. The summed E-state index contributed by atoms with van der Waals surface area (Å²) in [6, 6.07) is 12.3. The molecule has 1 N–H and O–H groups in total. The predicted octanol–water partition coefficient (Wildman–Crippen LogP) is 4.20. The Morgan fingerprint density at radius 3 is 2.67 bits per heavy atom. The summed E-state index contributed by atoms with van der Waals surface area (Å²) in [6.07, 6.45) is -3.60. The lowest BCUT2D eigenvalue weighted by molar-refractivity contribution is -0.137. The van der Waals surface area contributed by atoms with Crippen molar-refractivity contribution in [1.29, 1.82) is 0 Å². The summed E-state index contributed by atoms with van der Waals surface area (Å²) in [5, 5.41) is 2.64. The number of ether oxygens (including phenoxy) is 1. The minimum absolute atomic E-state index is 0.0716. The lowest BCUT2D eigenvalue weighted by Gasteiger charge is -2.09. The van der Waals surface area contributed by atoms with Gasteiger partial charge in [0.05, 0.1) is 18.7 Å². The molecule has 0 fully saturated rings. The van der Waals surface area contributed by atoms with Gasteiger partial charge in [-0.25, -0.2) is 0 Å². The topological polar surface area (TPSA) is 38.3 Å². The lowest BCUT2D eigenvalue weighted by Crippen LogP contribution is -2.23. The monoisotopic (exact) mass is 375 g/mol. The van der Waals surface area contributed by atoms with Gasteiger partial charge in [0, 0.05) is 12.0 Å². The second-order valence-corrected chi connectivity index (χ2v) is 5.70. The maximum absolute atomic E-state index is 12.6. The van der Waals surface area contributed by atoms with Gasteiger partial charge in [0.15, 0.2) is 0 Å². The smallest absolute Gasteiger partial charge is 0.416 e. The number of carbonyl (C=O) groups excluding carboxylic acids is 1. The second-order valence-electron chi connectivity index (χ2n) is 5.70. The van der Waals surface area contributed by atoms with E-state index < -0.39 is 11.7 Å². The molecular formula is C21H20F3NO2. The molecule has 0 spiro atoms. The van der Waals surface area contributed by atoms with E-state index in [4.69, 9.17) is 4.74 Å². The van der Waals surface area contributed by atoms with Crippen LogP contribution in [0.4, 0.5) is 13.2 Å². The fourth-order valence-electron chi connectivity index (χ4n) is 2.41. The van der Waals surface area contributed by atoms with Crippen LogP contribution in [-0.2, 0) is 17.4 Å². The summed E-state index contributed by atoms with van der Waals surface area (Å²) >= 11 is 0. The van der Waals surface area contributed by atoms with Crippen molar-refractivity contribution in [3.63, 3.8) is 0 Å². The number of benzene rings is 2. The third kappa shape index (κ3) is 6.70. The van der Waals surface area contributed by atoms with E-state index in [0.29, 0.717) is 13.0 Å². The maximum atomic E-state index is 12.6. The minimum Gasteiger partial charge on any atom is -0.494 e. The Morgan fingerprint density at radius 2 is 1.93 bits per heavy atom. The number of amides is 1. The van der Waals surface area contributed by atoms with E-state index in [1.165, 1.54) is 12.1 Å². The van der Waals surface area contributed by atoms with Gasteiger partial charge in [0.1, 0.15) is 5.75 Å². The van der Waals surface area contributed by atoms with Crippen molar-refractivity contribution in [3.8, 4) is 17.6 Å². The Hall–Kier alpha value is -2.94. The predicted molar refractivity (Wildman–Crippen MR) is 97.3 cm³/mol. The normalized spacial score (nSPS) is 10.7. The van der Waals surface area contributed by atoms with E-state index in [2.05, 4.69) is 17.2 Å². The first kappa shape index (κ1) is 20.4. The second kappa shape index (κ2) is 9.67. The zero-order valence-electron chi connectivity index (χ0n) is 14.9. The van der Waals surface area contributed by atoms with Crippen LogP contribution < -0.4 is 10.1 Å². The molecule has 142 valence electrons. The number of nitrogens with one attached hydrogen (secondary N) is 1. The maximum Gasteiger partial charge on any atom is 0.416 e. The number of alkyl halides is 3. The summed E-state index contributed by atoms with van der Waals surface area (Å²) in [6.45, 7) is 2.52. The molecule has 27 heavy (non-hydrogen) atoms. The van der Waals surface area contributed by atoms with E-state index in [9.17, 15) is 18.0 Å². The van der Waals surface area contributed by atoms with Gasteiger partial charge in [-0.1, -0.05) is 36.1 Å². The summed E-state index contributed by atoms with van der Waals surface area (Å²) in [5.74, 6) is 5.87. The van der Waals surface area contributed by atoms with E-state index in [1.54, 1.807) is 0 Å². The first-order valence-corrected chi connectivity index (χ1v) is 8.53. The van der Waals surface area contributed by atoms with Crippen molar-refractivity contribution in [2.45, 2.75) is 25.9 Å². The van der Waals surface area contributed by atoms with Crippen LogP contribution in [0.25, 0.3) is 0 Å². The highest BCUT2D eigenvalue weighted by molar-refractivity contribution is 5.76. The zero-order valence-corrected chi connectivity index (χ0v) is 14.9. The van der Waals surface area contributed by atoms with Gasteiger partial charge in [0.2, 0.25) is 5.91 Å². The zero-order chi connectivity index (χ0) is 19.7. The van der Waals surface area contributed by atoms with Gasteiger partial charge in [-0.05, 0) is 43.2 Å². The fourth-order valence-corrected chi connectivity index (χ4v) is 2.41. The lowest BCUT2D eigenvalue weighted by atomic mass is 10.1. The van der Waals surface area contributed by atoms with Crippen molar-refractivity contribution >= 4 is 5.91 Å². The number of rotatable bonds is 6. The number of carbonyl (C=O) groups is 1. The van der Waals surface area contributed by atoms with Crippen LogP contribution in [0.15, 0.2) is 48.5 Å². The summed E-state index contributed by atoms with van der Waals surface area (Å²) in [7, 11) is 0. The Bertz CT molecular complexity index is 835. The highest BCUT2D eigenvalue weighted by Crippen LogP contribution is 2.29. The average molecular weight is 375 g/mol. The molecule has 0 saturated carbocycles. The highest BCUT2D eigenvalue weighted by atomic mass is 19.4. The Labute approximate surface area is 156 Å². The average Bonchev–Trinajstić information content (AvgIpc) is 2.64. The van der Waals surface area contributed by atoms with Crippen molar-refractivity contribution < 1.29 is 22.7 Å². The van der Waals surface area contributed by atoms with Crippen LogP contribution >= 0.6 is 0 Å². The summed E-state index contributed by atoms with van der Waals surface area (Å²) in [4.78, 5) is 11.9. The van der Waals surface area contributed by atoms with E-state index >= 15 is 0 Å². The SMILES string of the molecule is CCOc1ccccc1CCC(=O)NCC#Cc1cccc(C(F)(F)F)c1. The van der Waals surface area contributed by atoms with E-state index in [-0.39, 0.29) is 24.4 Å². The third-order valence-electron chi connectivity index (χ3n) is 3.69. The van der Waals surface area contributed by atoms with Gasteiger partial charge in [-0.15, -0.1) is 0 Å². The molecule has 0 aliphatic carbocycles. The van der Waals surface area contributed by atoms with Gasteiger partial charge >= 0.3 is 6.18 Å². The third-order valence-corrected chi connectivity index (χ3v) is 3.69. The molecule has 0 radical (unpaired) electrons. The Balaban J connectivity index is 1.83. The molecule has 2 aromatic carbocycles. The number of halogens is 3. The minimum atomic E-state index is -4.40. The number of hydrogen-bond acceptors (Lipinski definition) is 2. The van der Waals surface area contributed by atoms with E-state index in [1.807, 2.05) is 31.2 Å². The molecule has 2 aromatic rings. The molecule has 0 unspecified atom stereocenters. The number of aryl methyl sites for hydroxylation is 1. The molecule has 0 bridgehead atoms. The molecule has 0 aromatic heterocycles. The van der Waals surface area contributed by atoms with Gasteiger partial charge in [-0.2, -0.15) is 13.2 Å².